The highest BCUT2D eigenvalue weighted by Gasteiger charge is 2.34. The van der Waals surface area contributed by atoms with Gasteiger partial charge >= 0.3 is 6.18 Å². The number of β-amino-alcohol motifs (C(OH)–C–C–N with tert-alkyl or cyclic N) is 1. The molecule has 1 aliphatic rings. The number of rotatable bonds is 3. The first-order chi connectivity index (χ1) is 10.1. The molecule has 1 aliphatic heterocycles. The molecule has 1 aromatic rings. The van der Waals surface area contributed by atoms with Gasteiger partial charge in [0.1, 0.15) is 6.54 Å². The summed E-state index contributed by atoms with van der Waals surface area (Å²) in [5.41, 5.74) is 1.33. The van der Waals surface area contributed by atoms with Crippen molar-refractivity contribution in [3.8, 4) is 0 Å². The van der Waals surface area contributed by atoms with Gasteiger partial charge in [0.05, 0.1) is 17.7 Å². The van der Waals surface area contributed by atoms with E-state index in [2.05, 4.69) is 5.10 Å². The van der Waals surface area contributed by atoms with Crippen LogP contribution in [0, 0.1) is 13.8 Å². The van der Waals surface area contributed by atoms with Crippen molar-refractivity contribution in [1.29, 1.82) is 0 Å². The van der Waals surface area contributed by atoms with E-state index in [-0.39, 0.29) is 12.5 Å². The number of halogens is 3. The number of nitrogens with zero attached hydrogens (tertiary/aromatic N) is 3. The summed E-state index contributed by atoms with van der Waals surface area (Å²) in [6.07, 6.45) is -4.34. The number of aliphatic hydroxyl groups is 1. The summed E-state index contributed by atoms with van der Waals surface area (Å²) >= 11 is 0. The summed E-state index contributed by atoms with van der Waals surface area (Å²) < 4.78 is 38.5. The molecular formula is C14H20F3N3O2. The van der Waals surface area contributed by atoms with Crippen LogP contribution in [-0.2, 0) is 11.3 Å². The average molecular weight is 319 g/mol. The molecule has 1 aromatic heterocycles. The van der Waals surface area contributed by atoms with Crippen LogP contribution in [0.3, 0.4) is 0 Å². The number of alkyl halides is 3. The zero-order valence-electron chi connectivity index (χ0n) is 12.8. The lowest BCUT2D eigenvalue weighted by Crippen LogP contribution is -2.33. The number of amides is 1. The van der Waals surface area contributed by atoms with Crippen LogP contribution in [0.2, 0.25) is 0 Å². The number of aryl methyl sites for hydroxylation is 1. The molecule has 0 aromatic carbocycles. The van der Waals surface area contributed by atoms with Gasteiger partial charge in [-0.05, 0) is 27.2 Å². The number of likely N-dealkylation sites (tertiary alicyclic amines) is 1. The molecule has 0 spiro atoms. The molecule has 124 valence electrons. The van der Waals surface area contributed by atoms with Gasteiger partial charge in [-0.3, -0.25) is 9.48 Å². The van der Waals surface area contributed by atoms with E-state index >= 15 is 0 Å². The summed E-state index contributed by atoms with van der Waals surface area (Å²) in [7, 11) is 0. The van der Waals surface area contributed by atoms with Gasteiger partial charge in [-0.2, -0.15) is 18.3 Å². The van der Waals surface area contributed by atoms with Gasteiger partial charge in [0, 0.05) is 24.3 Å². The Labute approximate surface area is 126 Å². The van der Waals surface area contributed by atoms with E-state index in [1.54, 1.807) is 25.7 Å². The molecule has 0 radical (unpaired) electrons. The van der Waals surface area contributed by atoms with Crippen LogP contribution < -0.4 is 0 Å². The van der Waals surface area contributed by atoms with Crippen molar-refractivity contribution in [2.24, 2.45) is 0 Å². The topological polar surface area (TPSA) is 58.4 Å². The first kappa shape index (κ1) is 16.8. The highest BCUT2D eigenvalue weighted by Crippen LogP contribution is 2.28. The number of aromatic nitrogens is 2. The van der Waals surface area contributed by atoms with E-state index in [0.29, 0.717) is 29.9 Å². The molecule has 5 nitrogen and oxygen atoms in total. The number of hydrogen-bond donors (Lipinski definition) is 1. The fourth-order valence-electron chi connectivity index (χ4n) is 3.00. The van der Waals surface area contributed by atoms with Crippen LogP contribution in [0.5, 0.6) is 0 Å². The predicted octanol–water partition coefficient (Wildman–Crippen LogP) is 1.76. The maximum absolute atomic E-state index is 12.5. The van der Waals surface area contributed by atoms with E-state index in [9.17, 15) is 23.1 Å². The largest absolute Gasteiger partial charge is 0.408 e. The molecule has 1 amide bonds. The fourth-order valence-corrected chi connectivity index (χ4v) is 3.00. The lowest BCUT2D eigenvalue weighted by molar-refractivity contribution is -0.143. The Morgan fingerprint density at radius 1 is 1.45 bits per heavy atom. The van der Waals surface area contributed by atoms with Gasteiger partial charge in [-0.25, -0.2) is 0 Å². The maximum Gasteiger partial charge on any atom is 0.408 e. The standard InChI is InChI=1S/C14H20F3N3O2/c1-8(13(22)19-5-4-11(21)6-19)12-9(2)18-20(10(12)3)7-14(15,16)17/h8,11,21H,4-7H2,1-3H3/t8?,11-/m0/s1. The monoisotopic (exact) mass is 319 g/mol. The minimum absolute atomic E-state index is 0.186. The number of aliphatic hydroxyl groups excluding tert-OH is 1. The second-order valence-electron chi connectivity index (χ2n) is 5.81. The van der Waals surface area contributed by atoms with Crippen molar-refractivity contribution < 1.29 is 23.1 Å². The third-order valence-electron chi connectivity index (χ3n) is 4.04. The van der Waals surface area contributed by atoms with Crippen LogP contribution >= 0.6 is 0 Å². The van der Waals surface area contributed by atoms with Gasteiger partial charge in [0.2, 0.25) is 5.91 Å². The average Bonchev–Trinajstić information content (AvgIpc) is 2.91. The first-order valence-electron chi connectivity index (χ1n) is 7.17. The molecule has 22 heavy (non-hydrogen) atoms. The minimum atomic E-state index is -4.35. The van der Waals surface area contributed by atoms with Crippen LogP contribution in [0.15, 0.2) is 0 Å². The summed E-state index contributed by atoms with van der Waals surface area (Å²) in [5, 5.41) is 13.4. The van der Waals surface area contributed by atoms with Crippen LogP contribution in [-0.4, -0.2) is 51.1 Å². The van der Waals surface area contributed by atoms with Crippen LogP contribution in [0.4, 0.5) is 13.2 Å². The van der Waals surface area contributed by atoms with Crippen molar-refractivity contribution in [3.63, 3.8) is 0 Å². The summed E-state index contributed by atoms with van der Waals surface area (Å²) in [6, 6.07) is 0. The van der Waals surface area contributed by atoms with Gasteiger partial charge < -0.3 is 10.0 Å². The predicted molar refractivity (Wildman–Crippen MR) is 73.4 cm³/mol. The normalized spacial score (nSPS) is 20.5. The first-order valence-corrected chi connectivity index (χ1v) is 7.17. The smallest absolute Gasteiger partial charge is 0.391 e. The number of hydrogen-bond acceptors (Lipinski definition) is 3. The van der Waals surface area contributed by atoms with Crippen LogP contribution in [0.25, 0.3) is 0 Å². The SMILES string of the molecule is Cc1nn(CC(F)(F)F)c(C)c1C(C)C(=O)N1CC[C@H](O)C1. The van der Waals surface area contributed by atoms with Gasteiger partial charge in [0.15, 0.2) is 0 Å². The molecule has 8 heteroatoms. The Balaban J connectivity index is 2.22. The van der Waals surface area contributed by atoms with E-state index in [1.165, 1.54) is 0 Å². The van der Waals surface area contributed by atoms with Crippen molar-refractivity contribution in [3.05, 3.63) is 17.0 Å². The Morgan fingerprint density at radius 2 is 2.09 bits per heavy atom. The lowest BCUT2D eigenvalue weighted by Gasteiger charge is -2.21. The molecule has 0 aliphatic carbocycles. The fraction of sp³-hybridized carbons (Fsp3) is 0.714. The highest BCUT2D eigenvalue weighted by atomic mass is 19.4. The third-order valence-corrected chi connectivity index (χ3v) is 4.04. The minimum Gasteiger partial charge on any atom is -0.391 e. The van der Waals surface area contributed by atoms with E-state index < -0.39 is 24.7 Å². The van der Waals surface area contributed by atoms with E-state index in [4.69, 9.17) is 0 Å². The number of carbonyl (C=O) groups is 1. The van der Waals surface area contributed by atoms with Crippen molar-refractivity contribution in [2.75, 3.05) is 13.1 Å². The highest BCUT2D eigenvalue weighted by molar-refractivity contribution is 5.84. The molecule has 1 saturated heterocycles. The maximum atomic E-state index is 12.5. The van der Waals surface area contributed by atoms with Gasteiger partial charge in [0.25, 0.3) is 0 Å². The molecule has 0 saturated carbocycles. The van der Waals surface area contributed by atoms with E-state index in [1.807, 2.05) is 0 Å². The molecule has 1 unspecified atom stereocenters. The van der Waals surface area contributed by atoms with Crippen molar-refractivity contribution in [1.82, 2.24) is 14.7 Å². The Hall–Kier alpha value is -1.57. The van der Waals surface area contributed by atoms with Gasteiger partial charge in [-0.1, -0.05) is 0 Å². The van der Waals surface area contributed by atoms with Crippen molar-refractivity contribution in [2.45, 2.75) is 51.9 Å². The Morgan fingerprint density at radius 3 is 2.59 bits per heavy atom. The second-order valence-corrected chi connectivity index (χ2v) is 5.81. The van der Waals surface area contributed by atoms with E-state index in [0.717, 1.165) is 4.68 Å². The zero-order valence-corrected chi connectivity index (χ0v) is 12.8. The molecule has 2 atom stereocenters. The zero-order chi connectivity index (χ0) is 16.7. The number of carbonyl (C=O) groups excluding carboxylic acids is 1. The molecular weight excluding hydrogens is 299 g/mol. The van der Waals surface area contributed by atoms with Crippen molar-refractivity contribution >= 4 is 5.91 Å². The van der Waals surface area contributed by atoms with Gasteiger partial charge in [-0.15, -0.1) is 0 Å². The lowest BCUT2D eigenvalue weighted by atomic mass is 9.97. The molecule has 0 bridgehead atoms. The second kappa shape index (κ2) is 5.91. The van der Waals surface area contributed by atoms with Crippen LogP contribution in [0.1, 0.15) is 36.2 Å². The summed E-state index contributed by atoms with van der Waals surface area (Å²) in [5.74, 6) is -0.762. The Bertz CT molecular complexity index is 568. The molecule has 2 rings (SSSR count). The Kier molecular flexibility index (Phi) is 4.51. The quantitative estimate of drug-likeness (QED) is 0.923. The summed E-state index contributed by atoms with van der Waals surface area (Å²) in [6.45, 7) is 4.41. The molecule has 1 fully saturated rings. The molecule has 1 N–H and O–H groups in total. The summed E-state index contributed by atoms with van der Waals surface area (Å²) in [4.78, 5) is 14.0. The third kappa shape index (κ3) is 3.43. The molecule has 2 heterocycles.